The molecule has 0 aliphatic carbocycles. The maximum Gasteiger partial charge on any atom is 0.267 e. The Morgan fingerprint density at radius 2 is 2.50 bits per heavy atom. The van der Waals surface area contributed by atoms with Crippen molar-refractivity contribution in [3.63, 3.8) is 0 Å². The summed E-state index contributed by atoms with van der Waals surface area (Å²) in [6.45, 7) is 0. The normalized spacial score (nSPS) is 24.1. The Morgan fingerprint density at radius 1 is 1.64 bits per heavy atom. The monoisotopic (exact) mass is 210 g/mol. The lowest BCUT2D eigenvalue weighted by molar-refractivity contribution is 0.525. The molecule has 2 rings (SSSR count). The Morgan fingerprint density at radius 3 is 3.21 bits per heavy atom. The highest BCUT2D eigenvalue weighted by molar-refractivity contribution is 8.00. The fourth-order valence-corrected chi connectivity index (χ4v) is 1.54. The van der Waals surface area contributed by atoms with Crippen LogP contribution in [0.25, 0.3) is 0 Å². The number of aromatic nitrogens is 1. The van der Waals surface area contributed by atoms with E-state index in [-0.39, 0.29) is 0 Å². The summed E-state index contributed by atoms with van der Waals surface area (Å²) in [4.78, 5) is 4.14. The molecule has 0 spiro atoms. The summed E-state index contributed by atoms with van der Waals surface area (Å²) in [5.74, 6) is 6.07. The van der Waals surface area contributed by atoms with E-state index in [1.807, 2.05) is 18.4 Å². The second-order valence-corrected chi connectivity index (χ2v) is 3.69. The van der Waals surface area contributed by atoms with Crippen molar-refractivity contribution in [1.29, 1.82) is 0 Å². The molecule has 0 saturated carbocycles. The summed E-state index contributed by atoms with van der Waals surface area (Å²) in [7, 11) is 0. The Balaban J connectivity index is 2.37. The Bertz CT molecular complexity index is 361. The molecule has 4 N–H and O–H groups in total. The average Bonchev–Trinajstić information content (AvgIpc) is 2.28. The number of nitrogens with two attached hydrogens (primary N) is 1. The van der Waals surface area contributed by atoms with Gasteiger partial charge in [0.2, 0.25) is 0 Å². The Hall–Kier alpha value is -1.18. The summed E-state index contributed by atoms with van der Waals surface area (Å²) >= 11 is 1.41. The summed E-state index contributed by atoms with van der Waals surface area (Å²) in [6, 6.07) is 3.64. The summed E-state index contributed by atoms with van der Waals surface area (Å²) in [5, 5.41) is 10.3. The lowest BCUT2D eigenvalue weighted by Gasteiger charge is -2.29. The van der Waals surface area contributed by atoms with E-state index in [0.29, 0.717) is 11.5 Å². The van der Waals surface area contributed by atoms with Crippen molar-refractivity contribution < 1.29 is 0 Å². The molecule has 14 heavy (non-hydrogen) atoms. The van der Waals surface area contributed by atoms with E-state index in [1.165, 1.54) is 11.8 Å². The molecule has 1 aliphatic rings. The molecule has 0 radical (unpaired) electrons. The minimum Gasteiger partial charge on any atom is -0.321 e. The summed E-state index contributed by atoms with van der Waals surface area (Å²) in [6.07, 6.45) is 3.56. The molecule has 2 heterocycles. The number of hydrazine groups is 1. The topological polar surface area (TPSA) is 87.7 Å². The number of nitrogens with zero attached hydrogens (tertiary/aromatic N) is 3. The van der Waals surface area contributed by atoms with Gasteiger partial charge in [-0.1, -0.05) is 11.8 Å². The molecule has 1 aromatic heterocycles. The standard InChI is InChI=1S/C7H10N6S/c1-14-7(12-8)10-6-5(11-13-7)3-2-4-9-6/h2-4,12H,8H2,1H3,(H,9,10). The van der Waals surface area contributed by atoms with Crippen LogP contribution >= 0.6 is 11.8 Å². The molecular weight excluding hydrogens is 200 g/mol. The summed E-state index contributed by atoms with van der Waals surface area (Å²) in [5.41, 5.74) is 3.27. The Labute approximate surface area is 85.4 Å². The number of pyridine rings is 1. The third-order valence-corrected chi connectivity index (χ3v) is 2.76. The van der Waals surface area contributed by atoms with Gasteiger partial charge in [-0.2, -0.15) is 0 Å². The van der Waals surface area contributed by atoms with Crippen LogP contribution in [0.5, 0.6) is 0 Å². The quantitative estimate of drug-likeness (QED) is 0.385. The third-order valence-electron chi connectivity index (χ3n) is 1.86. The van der Waals surface area contributed by atoms with Gasteiger partial charge in [-0.3, -0.25) is 5.84 Å². The average molecular weight is 210 g/mol. The fourth-order valence-electron chi connectivity index (χ4n) is 1.10. The fraction of sp³-hybridized carbons (Fsp3) is 0.286. The van der Waals surface area contributed by atoms with Crippen LogP contribution in [0, 0.1) is 0 Å². The smallest absolute Gasteiger partial charge is 0.267 e. The summed E-state index contributed by atoms with van der Waals surface area (Å²) < 4.78 is 0. The molecule has 1 unspecified atom stereocenters. The van der Waals surface area contributed by atoms with Crippen LogP contribution in [0.4, 0.5) is 11.5 Å². The zero-order valence-electron chi connectivity index (χ0n) is 7.56. The van der Waals surface area contributed by atoms with Gasteiger partial charge in [-0.25, -0.2) is 10.4 Å². The Kier molecular flexibility index (Phi) is 2.36. The maximum atomic E-state index is 5.39. The molecule has 0 aromatic carbocycles. The highest BCUT2D eigenvalue weighted by Crippen LogP contribution is 2.34. The number of hydrogen-bond acceptors (Lipinski definition) is 7. The largest absolute Gasteiger partial charge is 0.321 e. The van der Waals surface area contributed by atoms with Crippen molar-refractivity contribution in [2.45, 2.75) is 5.12 Å². The first-order valence-electron chi connectivity index (χ1n) is 3.99. The molecule has 74 valence electrons. The molecule has 0 saturated heterocycles. The van der Waals surface area contributed by atoms with Gasteiger partial charge in [0.1, 0.15) is 5.69 Å². The minimum absolute atomic E-state index is 0.676. The first-order chi connectivity index (χ1) is 6.79. The first-order valence-corrected chi connectivity index (χ1v) is 5.21. The van der Waals surface area contributed by atoms with Crippen molar-refractivity contribution in [1.82, 2.24) is 10.4 Å². The lowest BCUT2D eigenvalue weighted by atomic mass is 10.4. The maximum absolute atomic E-state index is 5.39. The molecule has 0 amide bonds. The zero-order valence-corrected chi connectivity index (χ0v) is 8.38. The van der Waals surface area contributed by atoms with E-state index >= 15 is 0 Å². The van der Waals surface area contributed by atoms with Crippen LogP contribution in [0.15, 0.2) is 28.6 Å². The van der Waals surface area contributed by atoms with Crippen molar-refractivity contribution >= 4 is 23.3 Å². The van der Waals surface area contributed by atoms with Crippen LogP contribution in [0.3, 0.4) is 0 Å². The van der Waals surface area contributed by atoms with Crippen LogP contribution in [0.1, 0.15) is 0 Å². The number of fused-ring (bicyclic) bond motifs is 1. The van der Waals surface area contributed by atoms with Crippen molar-refractivity contribution in [3.8, 4) is 0 Å². The SMILES string of the molecule is CSC1(NN)N=Nc2cccnc2N1. The van der Waals surface area contributed by atoms with Gasteiger partial charge in [0.15, 0.2) is 5.82 Å². The van der Waals surface area contributed by atoms with E-state index in [1.54, 1.807) is 6.20 Å². The second kappa shape index (κ2) is 3.52. The molecule has 7 heteroatoms. The molecule has 0 bridgehead atoms. The highest BCUT2D eigenvalue weighted by atomic mass is 32.2. The molecule has 1 aliphatic heterocycles. The van der Waals surface area contributed by atoms with Gasteiger partial charge in [0.05, 0.1) is 0 Å². The molecular formula is C7H10N6S. The van der Waals surface area contributed by atoms with Gasteiger partial charge in [-0.05, 0) is 18.4 Å². The van der Waals surface area contributed by atoms with Crippen molar-refractivity contribution in [2.24, 2.45) is 16.1 Å². The third kappa shape index (κ3) is 1.45. The second-order valence-electron chi connectivity index (χ2n) is 2.69. The molecule has 6 nitrogen and oxygen atoms in total. The van der Waals surface area contributed by atoms with E-state index in [4.69, 9.17) is 5.84 Å². The van der Waals surface area contributed by atoms with E-state index in [0.717, 1.165) is 0 Å². The van der Waals surface area contributed by atoms with Crippen molar-refractivity contribution in [2.75, 3.05) is 11.6 Å². The minimum atomic E-state index is -0.804. The number of anilines is 1. The van der Waals surface area contributed by atoms with Crippen LogP contribution in [-0.4, -0.2) is 16.4 Å². The number of hydrogen-bond donors (Lipinski definition) is 3. The van der Waals surface area contributed by atoms with Gasteiger partial charge in [-0.15, -0.1) is 10.2 Å². The molecule has 1 atom stereocenters. The van der Waals surface area contributed by atoms with E-state index in [2.05, 4.69) is 26.0 Å². The van der Waals surface area contributed by atoms with E-state index in [9.17, 15) is 0 Å². The van der Waals surface area contributed by atoms with Crippen LogP contribution < -0.4 is 16.6 Å². The van der Waals surface area contributed by atoms with Gasteiger partial charge >= 0.3 is 0 Å². The first kappa shape index (κ1) is 9.38. The van der Waals surface area contributed by atoms with Crippen molar-refractivity contribution in [3.05, 3.63) is 18.3 Å². The zero-order chi connectivity index (χ0) is 10.0. The van der Waals surface area contributed by atoms with Crippen LogP contribution in [0.2, 0.25) is 0 Å². The highest BCUT2D eigenvalue weighted by Gasteiger charge is 2.31. The van der Waals surface area contributed by atoms with Gasteiger partial charge < -0.3 is 5.32 Å². The number of nitrogens with one attached hydrogen (secondary N) is 2. The lowest BCUT2D eigenvalue weighted by Crippen LogP contribution is -2.51. The van der Waals surface area contributed by atoms with Crippen LogP contribution in [-0.2, 0) is 0 Å². The van der Waals surface area contributed by atoms with Gasteiger partial charge in [0, 0.05) is 6.20 Å². The van der Waals surface area contributed by atoms with E-state index < -0.39 is 5.12 Å². The predicted molar refractivity (Wildman–Crippen MR) is 55.9 cm³/mol. The predicted octanol–water partition coefficient (Wildman–Crippen LogP) is 1.03. The molecule has 1 aromatic rings. The molecule has 0 fully saturated rings. The number of rotatable bonds is 2. The number of thioether (sulfide) groups is 1. The number of azo groups is 1. The van der Waals surface area contributed by atoms with Gasteiger partial charge in [0.25, 0.3) is 5.12 Å².